The largest absolute Gasteiger partial charge is 0.454 e. The molecule has 7 aromatic rings. The van der Waals surface area contributed by atoms with Crippen molar-refractivity contribution < 1.29 is 9.47 Å². The van der Waals surface area contributed by atoms with E-state index < -0.39 is 0 Å². The molecular formula is C32H22Cl3N7O2S2. The Bertz CT molecular complexity index is 2210. The summed E-state index contributed by atoms with van der Waals surface area (Å²) >= 11 is 22.0. The number of benzene rings is 1. The number of aromatic nitrogens is 6. The minimum absolute atomic E-state index is 0.261. The van der Waals surface area contributed by atoms with Crippen LogP contribution in [-0.2, 0) is 6.54 Å². The van der Waals surface area contributed by atoms with E-state index >= 15 is 0 Å². The number of thiophene rings is 2. The van der Waals surface area contributed by atoms with Crippen molar-refractivity contribution in [3.05, 3.63) is 97.8 Å². The number of ether oxygens (including phenoxy) is 2. The van der Waals surface area contributed by atoms with E-state index in [1.165, 1.54) is 11.3 Å². The van der Waals surface area contributed by atoms with Crippen LogP contribution in [0.3, 0.4) is 0 Å². The van der Waals surface area contributed by atoms with Crippen molar-refractivity contribution in [3.8, 4) is 34.3 Å². The molecule has 1 N–H and O–H groups in total. The predicted molar refractivity (Wildman–Crippen MR) is 186 cm³/mol. The van der Waals surface area contributed by atoms with E-state index in [1.54, 1.807) is 36.1 Å². The maximum atomic E-state index is 6.55. The summed E-state index contributed by atoms with van der Waals surface area (Å²) in [5, 5.41) is 6.69. The van der Waals surface area contributed by atoms with E-state index in [0.29, 0.717) is 39.2 Å². The van der Waals surface area contributed by atoms with Crippen LogP contribution in [0.25, 0.3) is 43.2 Å². The summed E-state index contributed by atoms with van der Waals surface area (Å²) in [5.74, 6) is 3.41. The molecule has 46 heavy (non-hydrogen) atoms. The van der Waals surface area contributed by atoms with Gasteiger partial charge in [0.1, 0.15) is 20.6 Å². The first-order chi connectivity index (χ1) is 22.4. The molecule has 14 heteroatoms. The highest BCUT2D eigenvalue weighted by Gasteiger charge is 2.18. The number of nitrogens with one attached hydrogen (secondary N) is 1. The van der Waals surface area contributed by atoms with Gasteiger partial charge in [-0.1, -0.05) is 40.9 Å². The first kappa shape index (κ1) is 30.5. The third-order valence-electron chi connectivity index (χ3n) is 7.00. The maximum absolute atomic E-state index is 6.55. The van der Waals surface area contributed by atoms with Crippen LogP contribution < -0.4 is 14.8 Å². The second-order valence-electron chi connectivity index (χ2n) is 10.1. The van der Waals surface area contributed by atoms with Crippen molar-refractivity contribution in [2.24, 2.45) is 0 Å². The average Bonchev–Trinajstić information content (AvgIpc) is 3.75. The number of hydrogen-bond acceptors (Lipinski definition) is 11. The summed E-state index contributed by atoms with van der Waals surface area (Å²) in [6.45, 7) is 4.76. The minimum Gasteiger partial charge on any atom is -0.454 e. The van der Waals surface area contributed by atoms with Crippen molar-refractivity contribution in [2.45, 2.75) is 20.4 Å². The standard InChI is InChI=1S/C20H15ClN4O2S.C12H7Cl2N3S/c1-11-17(21)16-19(23-8-12-4-5-14-15(7-12)27-10-26-14)24-18(25-20(16)28-11)13-3-2-6-22-9-13;1-6-9(13)8-10(14)16-11(17-12(8)18-6)7-3-2-4-15-5-7/h2-7,9H,8,10H2,1H3,(H,23,24,25);2-5H,1H3. The molecule has 0 aliphatic carbocycles. The Hall–Kier alpha value is -4.13. The molecule has 0 saturated heterocycles. The van der Waals surface area contributed by atoms with Gasteiger partial charge in [-0.05, 0) is 55.8 Å². The second-order valence-corrected chi connectivity index (χ2v) is 13.6. The van der Waals surface area contributed by atoms with E-state index in [0.717, 1.165) is 58.4 Å². The molecule has 0 spiro atoms. The summed E-state index contributed by atoms with van der Waals surface area (Å²) in [5.41, 5.74) is 2.75. The second kappa shape index (κ2) is 12.9. The fourth-order valence-corrected chi connectivity index (χ4v) is 7.63. The Morgan fingerprint density at radius 1 is 0.739 bits per heavy atom. The van der Waals surface area contributed by atoms with E-state index in [9.17, 15) is 0 Å². The first-order valence-electron chi connectivity index (χ1n) is 13.9. The Morgan fingerprint density at radius 3 is 2.00 bits per heavy atom. The van der Waals surface area contributed by atoms with Gasteiger partial charge >= 0.3 is 0 Å². The molecule has 8 rings (SSSR count). The summed E-state index contributed by atoms with van der Waals surface area (Å²) < 4.78 is 10.8. The molecule has 0 atom stereocenters. The zero-order valence-corrected chi connectivity index (χ0v) is 28.1. The lowest BCUT2D eigenvalue weighted by molar-refractivity contribution is 0.174. The zero-order chi connectivity index (χ0) is 31.8. The van der Waals surface area contributed by atoms with Crippen LogP contribution in [0.15, 0.2) is 67.3 Å². The van der Waals surface area contributed by atoms with Gasteiger partial charge in [-0.3, -0.25) is 9.97 Å². The number of fused-ring (bicyclic) bond motifs is 3. The quantitative estimate of drug-likeness (QED) is 0.175. The number of halogens is 3. The van der Waals surface area contributed by atoms with Crippen molar-refractivity contribution in [1.82, 2.24) is 29.9 Å². The van der Waals surface area contributed by atoms with Crippen LogP contribution in [0.2, 0.25) is 15.2 Å². The van der Waals surface area contributed by atoms with Gasteiger partial charge in [0.05, 0.1) is 20.8 Å². The molecule has 7 heterocycles. The van der Waals surface area contributed by atoms with Crippen LogP contribution in [-0.4, -0.2) is 36.7 Å². The number of rotatable bonds is 5. The molecule has 9 nitrogen and oxygen atoms in total. The van der Waals surface area contributed by atoms with Crippen molar-refractivity contribution in [1.29, 1.82) is 0 Å². The third kappa shape index (κ3) is 6.04. The molecule has 1 aliphatic rings. The molecule has 0 unspecified atom stereocenters. The van der Waals surface area contributed by atoms with E-state index in [4.69, 9.17) is 54.2 Å². The highest BCUT2D eigenvalue weighted by atomic mass is 35.5. The van der Waals surface area contributed by atoms with Crippen LogP contribution in [0.1, 0.15) is 15.3 Å². The molecule has 230 valence electrons. The monoisotopic (exact) mass is 705 g/mol. The SMILES string of the molecule is Cc1sc2nc(-c3cccnc3)nc(Cl)c2c1Cl.Cc1sc2nc(-c3cccnc3)nc(NCc3ccc4c(c3)OCO4)c2c1Cl. The lowest BCUT2D eigenvalue weighted by atomic mass is 10.2. The summed E-state index contributed by atoms with van der Waals surface area (Å²) in [6.07, 6.45) is 6.90. The lowest BCUT2D eigenvalue weighted by Gasteiger charge is -2.10. The van der Waals surface area contributed by atoms with E-state index in [1.807, 2.05) is 56.3 Å². The lowest BCUT2D eigenvalue weighted by Crippen LogP contribution is -2.04. The Kier molecular flexibility index (Phi) is 8.58. The van der Waals surface area contributed by atoms with Crippen LogP contribution in [0.4, 0.5) is 5.82 Å². The normalized spacial score (nSPS) is 11.9. The van der Waals surface area contributed by atoms with Crippen LogP contribution in [0.5, 0.6) is 11.5 Å². The highest BCUT2D eigenvalue weighted by Crippen LogP contribution is 2.40. The molecular weight excluding hydrogens is 685 g/mol. The van der Waals surface area contributed by atoms with Gasteiger partial charge in [0, 0.05) is 52.2 Å². The van der Waals surface area contributed by atoms with Gasteiger partial charge in [0.25, 0.3) is 0 Å². The fourth-order valence-electron chi connectivity index (χ4n) is 4.73. The van der Waals surface area contributed by atoms with Gasteiger partial charge < -0.3 is 14.8 Å². The van der Waals surface area contributed by atoms with Crippen molar-refractivity contribution in [2.75, 3.05) is 12.1 Å². The molecule has 1 aliphatic heterocycles. The van der Waals surface area contributed by atoms with Gasteiger partial charge in [-0.15, -0.1) is 22.7 Å². The highest BCUT2D eigenvalue weighted by molar-refractivity contribution is 7.19. The average molecular weight is 707 g/mol. The number of aryl methyl sites for hydroxylation is 2. The molecule has 6 aromatic heterocycles. The third-order valence-corrected chi connectivity index (χ3v) is 10.4. The smallest absolute Gasteiger partial charge is 0.231 e. The van der Waals surface area contributed by atoms with Crippen LogP contribution >= 0.6 is 57.5 Å². The first-order valence-corrected chi connectivity index (χ1v) is 16.6. The summed E-state index contributed by atoms with van der Waals surface area (Å²) in [6, 6.07) is 13.4. The predicted octanol–water partition coefficient (Wildman–Crippen LogP) is 9.42. The zero-order valence-electron chi connectivity index (χ0n) is 24.2. The Morgan fingerprint density at radius 2 is 1.35 bits per heavy atom. The number of nitrogens with zero attached hydrogens (tertiary/aromatic N) is 6. The topological polar surface area (TPSA) is 108 Å². The molecule has 0 amide bonds. The minimum atomic E-state index is 0.261. The van der Waals surface area contributed by atoms with Gasteiger partial charge in [-0.25, -0.2) is 19.9 Å². The number of anilines is 1. The van der Waals surface area contributed by atoms with Crippen molar-refractivity contribution >= 4 is 83.7 Å². The van der Waals surface area contributed by atoms with E-state index in [-0.39, 0.29) is 6.79 Å². The van der Waals surface area contributed by atoms with Gasteiger partial charge in [0.15, 0.2) is 23.1 Å². The maximum Gasteiger partial charge on any atom is 0.231 e. The molecule has 0 saturated carbocycles. The summed E-state index contributed by atoms with van der Waals surface area (Å²) in [7, 11) is 0. The molecule has 1 aromatic carbocycles. The molecule has 0 bridgehead atoms. The number of pyridine rings is 2. The summed E-state index contributed by atoms with van der Waals surface area (Å²) in [4.78, 5) is 30.1. The Balaban J connectivity index is 0.000000162. The van der Waals surface area contributed by atoms with E-state index in [2.05, 4.69) is 25.3 Å². The van der Waals surface area contributed by atoms with Crippen LogP contribution in [0, 0.1) is 13.8 Å². The molecule has 0 fully saturated rings. The van der Waals surface area contributed by atoms with Gasteiger partial charge in [0.2, 0.25) is 6.79 Å². The van der Waals surface area contributed by atoms with Gasteiger partial charge in [-0.2, -0.15) is 0 Å². The molecule has 0 radical (unpaired) electrons. The fraction of sp³-hybridized carbons (Fsp3) is 0.125. The number of hydrogen-bond donors (Lipinski definition) is 1. The van der Waals surface area contributed by atoms with Crippen molar-refractivity contribution in [3.63, 3.8) is 0 Å². The Labute approximate surface area is 286 Å².